The second kappa shape index (κ2) is 7.11. The Morgan fingerprint density at radius 2 is 1.82 bits per heavy atom. The average molecular weight is 459 g/mol. The maximum atomic E-state index is 14.3. The van der Waals surface area contributed by atoms with Gasteiger partial charge in [0.1, 0.15) is 17.4 Å². The largest absolute Gasteiger partial charge is 0.497 e. The van der Waals surface area contributed by atoms with Gasteiger partial charge in [-0.1, -0.05) is 30.0 Å². The van der Waals surface area contributed by atoms with E-state index in [1.807, 2.05) is 55.5 Å². The van der Waals surface area contributed by atoms with Gasteiger partial charge in [-0.3, -0.25) is 4.79 Å². The lowest BCUT2D eigenvalue weighted by atomic mass is 9.90. The van der Waals surface area contributed by atoms with Gasteiger partial charge in [0.25, 0.3) is 0 Å². The number of hydrogen-bond donors (Lipinski definition) is 2. The second-order valence-electron chi connectivity index (χ2n) is 7.97. The molecule has 0 saturated carbocycles. The number of nitrogens with zero attached hydrogens (tertiary/aromatic N) is 2. The molecule has 1 aromatic heterocycles. The molecular weight excluding hydrogens is 439 g/mol. The highest BCUT2D eigenvalue weighted by molar-refractivity contribution is 8.01. The fourth-order valence-electron chi connectivity index (χ4n) is 4.58. The summed E-state index contributed by atoms with van der Waals surface area (Å²) in [6.07, 6.45) is 0. The van der Waals surface area contributed by atoms with E-state index in [4.69, 9.17) is 9.84 Å². The predicted molar refractivity (Wildman–Crippen MR) is 126 cm³/mol. The molecule has 8 heteroatoms. The molecule has 1 unspecified atom stereocenters. The molecule has 0 fully saturated rings. The van der Waals surface area contributed by atoms with Crippen molar-refractivity contribution in [1.29, 1.82) is 0 Å². The normalized spacial score (nSPS) is 18.1. The molecule has 1 spiro atoms. The number of aromatic nitrogens is 2. The molecule has 0 radical (unpaired) electrons. The van der Waals surface area contributed by atoms with Crippen LogP contribution in [0.4, 0.5) is 21.6 Å². The van der Waals surface area contributed by atoms with Crippen molar-refractivity contribution in [2.24, 2.45) is 0 Å². The van der Waals surface area contributed by atoms with Gasteiger partial charge < -0.3 is 15.4 Å². The summed E-state index contributed by atoms with van der Waals surface area (Å²) in [5.41, 5.74) is 4.45. The minimum Gasteiger partial charge on any atom is -0.497 e. The van der Waals surface area contributed by atoms with E-state index in [0.717, 1.165) is 16.8 Å². The van der Waals surface area contributed by atoms with Gasteiger partial charge in [0, 0.05) is 21.7 Å². The minimum atomic E-state index is -1.18. The summed E-state index contributed by atoms with van der Waals surface area (Å²) in [4.78, 5) is 14.4. The van der Waals surface area contributed by atoms with Gasteiger partial charge in [-0.25, -0.2) is 9.07 Å². The van der Waals surface area contributed by atoms with Crippen molar-refractivity contribution in [1.82, 2.24) is 9.78 Å². The Hall–Kier alpha value is -3.78. The Bertz CT molecular complexity index is 1440. The maximum Gasteiger partial charge on any atom is 0.250 e. The first-order valence-electron chi connectivity index (χ1n) is 10.4. The third kappa shape index (κ3) is 2.80. The molecule has 1 atom stereocenters. The molecule has 164 valence electrons. The molecule has 6 nitrogen and oxygen atoms in total. The zero-order valence-electron chi connectivity index (χ0n) is 17.8. The number of ether oxygens (including phenoxy) is 1. The van der Waals surface area contributed by atoms with Gasteiger partial charge >= 0.3 is 0 Å². The fourth-order valence-corrected chi connectivity index (χ4v) is 6.08. The average Bonchev–Trinajstić information content (AvgIpc) is 3.23. The lowest BCUT2D eigenvalue weighted by Gasteiger charge is -2.26. The first kappa shape index (κ1) is 19.9. The van der Waals surface area contributed by atoms with Gasteiger partial charge in [0.2, 0.25) is 5.91 Å². The molecule has 0 saturated heterocycles. The number of aryl methyl sites for hydroxylation is 1. The number of carbonyl (C=O) groups is 1. The van der Waals surface area contributed by atoms with E-state index < -0.39 is 4.75 Å². The molecule has 3 aromatic carbocycles. The number of amides is 1. The van der Waals surface area contributed by atoms with E-state index in [9.17, 15) is 9.18 Å². The summed E-state index contributed by atoms with van der Waals surface area (Å²) in [7, 11) is 1.59. The Kier molecular flexibility index (Phi) is 4.28. The standard InChI is InChI=1S/C25H19FN4O2S/c1-14-22-23(30(29-14)16-6-4-3-5-7-16)27-20-10-8-15(26)12-21(20)33-25(22)18-13-17(32-2)9-11-19(18)28-24(25)31/h3-13,27H,1-2H3,(H,28,31). The van der Waals surface area contributed by atoms with E-state index in [0.29, 0.717) is 33.5 Å². The summed E-state index contributed by atoms with van der Waals surface area (Å²) in [6, 6.07) is 19.8. The van der Waals surface area contributed by atoms with Gasteiger partial charge in [-0.2, -0.15) is 5.10 Å². The predicted octanol–water partition coefficient (Wildman–Crippen LogP) is 5.37. The van der Waals surface area contributed by atoms with Crippen LogP contribution in [0, 0.1) is 12.7 Å². The molecule has 1 amide bonds. The van der Waals surface area contributed by atoms with Crippen LogP contribution in [0.2, 0.25) is 0 Å². The SMILES string of the molecule is COc1ccc2c(c1)C1(Sc3cc(F)ccc3Nc3c1c(C)nn3-c1ccccc1)C(=O)N2. The molecule has 2 N–H and O–H groups in total. The second-order valence-corrected chi connectivity index (χ2v) is 9.23. The maximum absolute atomic E-state index is 14.3. The van der Waals surface area contributed by atoms with Crippen LogP contribution < -0.4 is 15.4 Å². The number of nitrogens with one attached hydrogen (secondary N) is 2. The highest BCUT2D eigenvalue weighted by Gasteiger charge is 2.54. The zero-order chi connectivity index (χ0) is 22.7. The molecule has 33 heavy (non-hydrogen) atoms. The van der Waals surface area contributed by atoms with Gasteiger partial charge in [-0.05, 0) is 55.5 Å². The van der Waals surface area contributed by atoms with E-state index in [1.54, 1.807) is 17.9 Å². The van der Waals surface area contributed by atoms with Gasteiger partial charge in [0.15, 0.2) is 4.75 Å². The summed E-state index contributed by atoms with van der Waals surface area (Å²) in [5, 5.41) is 11.3. The van der Waals surface area contributed by atoms with Crippen molar-refractivity contribution in [2.45, 2.75) is 16.6 Å². The smallest absolute Gasteiger partial charge is 0.250 e. The molecule has 2 aliphatic heterocycles. The van der Waals surface area contributed by atoms with Crippen LogP contribution in [-0.4, -0.2) is 22.8 Å². The number of hydrogen-bond acceptors (Lipinski definition) is 5. The number of fused-ring (bicyclic) bond motifs is 5. The van der Waals surface area contributed by atoms with Crippen molar-refractivity contribution < 1.29 is 13.9 Å². The molecule has 0 aliphatic carbocycles. The molecular formula is C25H19FN4O2S. The van der Waals surface area contributed by atoms with Crippen LogP contribution >= 0.6 is 11.8 Å². The topological polar surface area (TPSA) is 68.2 Å². The quantitative estimate of drug-likeness (QED) is 0.423. The summed E-state index contributed by atoms with van der Waals surface area (Å²) < 4.78 is 20.4. The van der Waals surface area contributed by atoms with Crippen LogP contribution in [0.25, 0.3) is 5.69 Å². The van der Waals surface area contributed by atoms with Crippen molar-refractivity contribution in [3.8, 4) is 11.4 Å². The van der Waals surface area contributed by atoms with Crippen LogP contribution in [-0.2, 0) is 9.54 Å². The first-order chi connectivity index (χ1) is 16.0. The third-order valence-electron chi connectivity index (χ3n) is 6.05. The Balaban J connectivity index is 1.71. The Morgan fingerprint density at radius 3 is 2.61 bits per heavy atom. The zero-order valence-corrected chi connectivity index (χ0v) is 18.7. The van der Waals surface area contributed by atoms with Crippen molar-refractivity contribution in [3.05, 3.63) is 89.4 Å². The molecule has 0 bridgehead atoms. The lowest BCUT2D eigenvalue weighted by molar-refractivity contribution is -0.117. The first-order valence-corrected chi connectivity index (χ1v) is 11.2. The fraction of sp³-hybridized carbons (Fsp3) is 0.120. The van der Waals surface area contributed by atoms with Crippen LogP contribution in [0.1, 0.15) is 16.8 Å². The lowest BCUT2D eigenvalue weighted by Crippen LogP contribution is -2.32. The van der Waals surface area contributed by atoms with E-state index in [1.165, 1.54) is 23.9 Å². The number of benzene rings is 3. The van der Waals surface area contributed by atoms with Gasteiger partial charge in [-0.15, -0.1) is 0 Å². The van der Waals surface area contributed by atoms with E-state index in [-0.39, 0.29) is 11.7 Å². The number of anilines is 3. The van der Waals surface area contributed by atoms with Crippen molar-refractivity contribution in [2.75, 3.05) is 17.7 Å². The summed E-state index contributed by atoms with van der Waals surface area (Å²) in [6.45, 7) is 1.89. The molecule has 3 heterocycles. The van der Waals surface area contributed by atoms with E-state index in [2.05, 4.69) is 10.6 Å². The Morgan fingerprint density at radius 1 is 1.03 bits per heavy atom. The highest BCUT2D eigenvalue weighted by Crippen LogP contribution is 2.59. The van der Waals surface area contributed by atoms with Crippen molar-refractivity contribution >= 4 is 34.9 Å². The van der Waals surface area contributed by atoms with Crippen molar-refractivity contribution in [3.63, 3.8) is 0 Å². The Labute approximate surface area is 193 Å². The molecule has 2 aliphatic rings. The number of carbonyl (C=O) groups excluding carboxylic acids is 1. The number of para-hydroxylation sites is 1. The molecule has 6 rings (SSSR count). The number of rotatable bonds is 2. The monoisotopic (exact) mass is 458 g/mol. The number of methoxy groups -OCH3 is 1. The number of halogens is 1. The van der Waals surface area contributed by atoms with Gasteiger partial charge in [0.05, 0.1) is 24.2 Å². The highest BCUT2D eigenvalue weighted by atomic mass is 32.2. The van der Waals surface area contributed by atoms with E-state index >= 15 is 0 Å². The van der Waals surface area contributed by atoms with Crippen LogP contribution in [0.15, 0.2) is 71.6 Å². The van der Waals surface area contributed by atoms with Crippen LogP contribution in [0.5, 0.6) is 5.75 Å². The summed E-state index contributed by atoms with van der Waals surface area (Å²) in [5.74, 6) is 0.736. The summed E-state index contributed by atoms with van der Waals surface area (Å²) >= 11 is 1.31. The number of thioether (sulfide) groups is 1. The molecule has 4 aromatic rings. The minimum absolute atomic E-state index is 0.202. The van der Waals surface area contributed by atoms with Crippen LogP contribution in [0.3, 0.4) is 0 Å². The third-order valence-corrected chi connectivity index (χ3v) is 7.52.